The van der Waals surface area contributed by atoms with Crippen LogP contribution in [-0.4, -0.2) is 39.1 Å². The number of hydrogen-bond acceptors (Lipinski definition) is 3. The van der Waals surface area contributed by atoms with Gasteiger partial charge in [-0.05, 0) is 31.2 Å². The number of carbonyl (C=O) groups excluding carboxylic acids is 1. The highest BCUT2D eigenvalue weighted by Crippen LogP contribution is 2.43. The van der Waals surface area contributed by atoms with Crippen molar-refractivity contribution in [2.45, 2.75) is 56.6 Å². The van der Waals surface area contributed by atoms with Crippen molar-refractivity contribution in [3.05, 3.63) is 34.2 Å². The number of nitrogens with zero attached hydrogens (tertiary/aromatic N) is 1. The van der Waals surface area contributed by atoms with Crippen molar-refractivity contribution in [1.29, 1.82) is 0 Å². The molecule has 5 heteroatoms. The van der Waals surface area contributed by atoms with Crippen LogP contribution in [0.4, 0.5) is 0 Å². The van der Waals surface area contributed by atoms with Gasteiger partial charge in [-0.1, -0.05) is 18.9 Å². The summed E-state index contributed by atoms with van der Waals surface area (Å²) in [6.07, 6.45) is 7.11. The lowest BCUT2D eigenvalue weighted by Crippen LogP contribution is -2.50. The molecule has 1 aromatic rings. The lowest BCUT2D eigenvalue weighted by Gasteiger charge is -2.37. The van der Waals surface area contributed by atoms with Gasteiger partial charge in [0.05, 0.1) is 11.6 Å². The summed E-state index contributed by atoms with van der Waals surface area (Å²) < 4.78 is 0. The Balaban J connectivity index is 1.65. The lowest BCUT2D eigenvalue weighted by atomic mass is 9.91. The number of carbonyl (C=O) groups is 1. The maximum absolute atomic E-state index is 12.5. The van der Waals surface area contributed by atoms with Crippen molar-refractivity contribution in [2.24, 2.45) is 0 Å². The van der Waals surface area contributed by atoms with Crippen LogP contribution in [0.25, 0.3) is 0 Å². The zero-order valence-corrected chi connectivity index (χ0v) is 12.2. The van der Waals surface area contributed by atoms with Crippen molar-refractivity contribution in [3.8, 4) is 0 Å². The normalized spacial score (nSPS) is 23.9. The second kappa shape index (κ2) is 5.64. The number of rotatable bonds is 3. The van der Waals surface area contributed by atoms with Crippen LogP contribution in [0.5, 0.6) is 0 Å². The quantitative estimate of drug-likeness (QED) is 0.879. The minimum absolute atomic E-state index is 0.125. The van der Waals surface area contributed by atoms with E-state index < -0.39 is 0 Å². The van der Waals surface area contributed by atoms with Crippen LogP contribution >= 0.6 is 0 Å². The van der Waals surface area contributed by atoms with E-state index in [9.17, 15) is 14.7 Å². The van der Waals surface area contributed by atoms with E-state index in [0.717, 1.165) is 31.2 Å². The van der Waals surface area contributed by atoms with Crippen LogP contribution in [0.3, 0.4) is 0 Å². The van der Waals surface area contributed by atoms with Crippen molar-refractivity contribution in [3.63, 3.8) is 0 Å². The van der Waals surface area contributed by atoms with Gasteiger partial charge in [-0.2, -0.15) is 0 Å². The third-order valence-corrected chi connectivity index (χ3v) is 5.03. The molecule has 1 unspecified atom stereocenters. The molecule has 1 aromatic heterocycles. The van der Waals surface area contributed by atoms with Crippen molar-refractivity contribution < 1.29 is 9.90 Å². The van der Waals surface area contributed by atoms with Gasteiger partial charge in [0, 0.05) is 25.2 Å². The van der Waals surface area contributed by atoms with E-state index in [1.165, 1.54) is 6.07 Å². The molecule has 2 fully saturated rings. The first-order valence-corrected chi connectivity index (χ1v) is 7.78. The van der Waals surface area contributed by atoms with Gasteiger partial charge >= 0.3 is 0 Å². The fourth-order valence-electron chi connectivity index (χ4n) is 3.87. The first kappa shape index (κ1) is 14.3. The molecule has 2 aliphatic rings. The molecule has 1 aliphatic heterocycles. The smallest absolute Gasteiger partial charge is 0.247 e. The molecule has 1 amide bonds. The number of hydrogen-bond donors (Lipinski definition) is 2. The molecule has 3 rings (SSSR count). The molecule has 0 aromatic carbocycles. The second-order valence-electron chi connectivity index (χ2n) is 6.22. The van der Waals surface area contributed by atoms with E-state index in [0.29, 0.717) is 25.8 Å². The molecular formula is C16H22N2O3. The molecule has 114 valence electrons. The molecular weight excluding hydrogens is 268 g/mol. The molecule has 2 N–H and O–H groups in total. The van der Waals surface area contributed by atoms with E-state index >= 15 is 0 Å². The summed E-state index contributed by atoms with van der Waals surface area (Å²) in [6.45, 7) is 0.672. The average Bonchev–Trinajstić information content (AvgIpc) is 3.08. The molecule has 2 heterocycles. The highest BCUT2D eigenvalue weighted by atomic mass is 16.3. The summed E-state index contributed by atoms with van der Waals surface area (Å²) >= 11 is 0. The monoisotopic (exact) mass is 290 g/mol. The number of nitrogens with one attached hydrogen (secondary N) is 1. The van der Waals surface area contributed by atoms with Gasteiger partial charge in [-0.15, -0.1) is 0 Å². The summed E-state index contributed by atoms with van der Waals surface area (Å²) in [5, 5.41) is 10.3. The van der Waals surface area contributed by atoms with E-state index in [1.54, 1.807) is 12.3 Å². The average molecular weight is 290 g/mol. The summed E-state index contributed by atoms with van der Waals surface area (Å²) in [7, 11) is 0. The van der Waals surface area contributed by atoms with Gasteiger partial charge < -0.3 is 15.0 Å². The number of aromatic nitrogens is 1. The number of aliphatic hydroxyl groups excluding tert-OH is 1. The zero-order valence-electron chi connectivity index (χ0n) is 12.2. The molecule has 21 heavy (non-hydrogen) atoms. The van der Waals surface area contributed by atoms with E-state index in [2.05, 4.69) is 4.98 Å². The fraction of sp³-hybridized carbons (Fsp3) is 0.625. The molecule has 1 aliphatic carbocycles. The predicted molar refractivity (Wildman–Crippen MR) is 78.9 cm³/mol. The first-order valence-electron chi connectivity index (χ1n) is 7.78. The van der Waals surface area contributed by atoms with Crippen LogP contribution in [0.1, 0.15) is 44.1 Å². The number of pyridine rings is 1. The number of aryl methyl sites for hydroxylation is 1. The predicted octanol–water partition coefficient (Wildman–Crippen LogP) is 1.21. The summed E-state index contributed by atoms with van der Waals surface area (Å²) in [5.41, 5.74) is 0.544. The topological polar surface area (TPSA) is 73.4 Å². The third kappa shape index (κ3) is 2.62. The van der Waals surface area contributed by atoms with Crippen LogP contribution in [0, 0.1) is 0 Å². The van der Waals surface area contributed by atoms with Gasteiger partial charge in [0.15, 0.2) is 0 Å². The molecule has 1 saturated carbocycles. The van der Waals surface area contributed by atoms with E-state index in [4.69, 9.17) is 0 Å². The Hall–Kier alpha value is -1.62. The summed E-state index contributed by atoms with van der Waals surface area (Å²) in [5.74, 6) is 0.125. The van der Waals surface area contributed by atoms with E-state index in [1.807, 2.05) is 4.90 Å². The maximum Gasteiger partial charge on any atom is 0.247 e. The Morgan fingerprint density at radius 2 is 2.14 bits per heavy atom. The van der Waals surface area contributed by atoms with Crippen LogP contribution < -0.4 is 5.56 Å². The van der Waals surface area contributed by atoms with Crippen molar-refractivity contribution in [2.75, 3.05) is 6.54 Å². The SMILES string of the molecule is O=C(CCc1ccc(=O)[nH]c1)N1CCC(O)C12CCCC2. The van der Waals surface area contributed by atoms with Crippen molar-refractivity contribution in [1.82, 2.24) is 9.88 Å². The molecule has 5 nitrogen and oxygen atoms in total. The zero-order chi connectivity index (χ0) is 14.9. The van der Waals surface area contributed by atoms with Gasteiger partial charge in [-0.25, -0.2) is 0 Å². The molecule has 1 spiro atoms. The Bertz CT molecular complexity index is 555. The number of amides is 1. The molecule has 0 radical (unpaired) electrons. The minimum atomic E-state index is -0.364. The highest BCUT2D eigenvalue weighted by Gasteiger charge is 2.51. The van der Waals surface area contributed by atoms with Gasteiger partial charge in [0.2, 0.25) is 11.5 Å². The molecule has 1 saturated heterocycles. The second-order valence-corrected chi connectivity index (χ2v) is 6.22. The van der Waals surface area contributed by atoms with Crippen LogP contribution in [-0.2, 0) is 11.2 Å². The Labute approximate surface area is 124 Å². The Kier molecular flexibility index (Phi) is 3.85. The lowest BCUT2D eigenvalue weighted by molar-refractivity contribution is -0.137. The maximum atomic E-state index is 12.5. The highest BCUT2D eigenvalue weighted by molar-refractivity contribution is 5.78. The molecule has 0 bridgehead atoms. The first-order chi connectivity index (χ1) is 10.1. The largest absolute Gasteiger partial charge is 0.391 e. The van der Waals surface area contributed by atoms with Gasteiger partial charge in [-0.3, -0.25) is 9.59 Å². The fourth-order valence-corrected chi connectivity index (χ4v) is 3.87. The Morgan fingerprint density at radius 3 is 2.81 bits per heavy atom. The standard InChI is InChI=1S/C16H22N2O3/c19-13-7-10-18(16(13)8-1-2-9-16)15(21)6-4-12-3-5-14(20)17-11-12/h3,5,11,13,19H,1-2,4,6-10H2,(H,17,20). The van der Waals surface area contributed by atoms with E-state index in [-0.39, 0.29) is 23.1 Å². The van der Waals surface area contributed by atoms with Crippen LogP contribution in [0.2, 0.25) is 0 Å². The Morgan fingerprint density at radius 1 is 1.38 bits per heavy atom. The van der Waals surface area contributed by atoms with Crippen molar-refractivity contribution >= 4 is 5.91 Å². The third-order valence-electron chi connectivity index (χ3n) is 5.03. The summed E-state index contributed by atoms with van der Waals surface area (Å²) in [6, 6.07) is 3.24. The number of H-pyrrole nitrogens is 1. The molecule has 1 atom stereocenters. The number of aromatic amines is 1. The number of likely N-dealkylation sites (tertiary alicyclic amines) is 1. The van der Waals surface area contributed by atoms with Gasteiger partial charge in [0.25, 0.3) is 0 Å². The minimum Gasteiger partial charge on any atom is -0.391 e. The van der Waals surface area contributed by atoms with Gasteiger partial charge in [0.1, 0.15) is 0 Å². The summed E-state index contributed by atoms with van der Waals surface area (Å²) in [4.78, 5) is 28.1. The van der Waals surface area contributed by atoms with Crippen LogP contribution in [0.15, 0.2) is 23.1 Å². The number of aliphatic hydroxyl groups is 1.